The van der Waals surface area contributed by atoms with Crippen LogP contribution >= 0.6 is 66.8 Å². The van der Waals surface area contributed by atoms with Crippen LogP contribution in [0.15, 0.2) is 49.2 Å². The molecule has 1 fully saturated rings. The molecule has 1 saturated heterocycles. The van der Waals surface area contributed by atoms with Crippen molar-refractivity contribution >= 4 is 89.7 Å². The van der Waals surface area contributed by atoms with Crippen LogP contribution in [0.4, 0.5) is 5.69 Å². The number of hydrogen-bond donors (Lipinski definition) is 2. The van der Waals surface area contributed by atoms with Crippen LogP contribution in [0.1, 0.15) is 5.56 Å². The summed E-state index contributed by atoms with van der Waals surface area (Å²) in [4.78, 5) is 17.0. The van der Waals surface area contributed by atoms with Gasteiger partial charge < -0.3 is 10.4 Å². The number of nitrogens with one attached hydrogen (secondary N) is 1. The number of thioether (sulfide) groups is 1. The van der Waals surface area contributed by atoms with Gasteiger partial charge in [0.25, 0.3) is 5.91 Å². The fourth-order valence-electron chi connectivity index (χ4n) is 1.99. The van der Waals surface area contributed by atoms with Gasteiger partial charge in [0.1, 0.15) is 5.75 Å². The number of amides is 1. The number of amidine groups is 1. The maximum atomic E-state index is 12.2. The van der Waals surface area contributed by atoms with Crippen molar-refractivity contribution in [3.8, 4) is 5.75 Å². The largest absolute Gasteiger partial charge is 0.506 e. The molecule has 2 aromatic rings. The lowest BCUT2D eigenvalue weighted by Crippen LogP contribution is -2.19. The van der Waals surface area contributed by atoms with Crippen molar-refractivity contribution < 1.29 is 9.90 Å². The molecule has 0 aliphatic carbocycles. The van der Waals surface area contributed by atoms with Crippen LogP contribution in [0.3, 0.4) is 0 Å². The van der Waals surface area contributed by atoms with Crippen molar-refractivity contribution in [1.82, 2.24) is 5.32 Å². The van der Waals surface area contributed by atoms with Crippen LogP contribution in [0.25, 0.3) is 6.08 Å². The van der Waals surface area contributed by atoms with Gasteiger partial charge in [-0.1, -0.05) is 29.3 Å². The summed E-state index contributed by atoms with van der Waals surface area (Å²) in [6, 6.07) is 8.54. The Kier molecular flexibility index (Phi) is 5.80. The molecular weight excluding hydrogens is 515 g/mol. The number of phenolic OH excluding ortho intramolecular Hbond substituents is 1. The minimum Gasteiger partial charge on any atom is -0.506 e. The summed E-state index contributed by atoms with van der Waals surface area (Å²) in [7, 11) is 0. The van der Waals surface area contributed by atoms with E-state index in [1.165, 1.54) is 11.8 Å². The van der Waals surface area contributed by atoms with Gasteiger partial charge in [-0.2, -0.15) is 0 Å². The number of benzene rings is 2. The summed E-state index contributed by atoms with van der Waals surface area (Å²) < 4.78 is 1.05. The minimum absolute atomic E-state index is 0.100. The second kappa shape index (κ2) is 7.72. The van der Waals surface area contributed by atoms with E-state index in [0.29, 0.717) is 34.8 Å². The summed E-state index contributed by atoms with van der Waals surface area (Å²) in [6.07, 6.45) is 1.71. The van der Waals surface area contributed by atoms with Gasteiger partial charge in [-0.05, 0) is 79.5 Å². The lowest BCUT2D eigenvalue weighted by Gasteiger charge is -2.02. The second-order valence-electron chi connectivity index (χ2n) is 4.89. The molecule has 4 nitrogen and oxygen atoms in total. The molecule has 0 radical (unpaired) electrons. The zero-order chi connectivity index (χ0) is 18.1. The summed E-state index contributed by atoms with van der Waals surface area (Å²) in [5.74, 6) is -0.161. The molecule has 2 N–H and O–H groups in total. The van der Waals surface area contributed by atoms with Crippen molar-refractivity contribution in [2.75, 3.05) is 0 Å². The van der Waals surface area contributed by atoms with E-state index in [-0.39, 0.29) is 11.7 Å². The van der Waals surface area contributed by atoms with Crippen LogP contribution in [-0.2, 0) is 4.79 Å². The number of hydrogen-bond acceptors (Lipinski definition) is 4. The summed E-state index contributed by atoms with van der Waals surface area (Å²) >= 11 is 19.8. The van der Waals surface area contributed by atoms with Crippen LogP contribution in [-0.4, -0.2) is 16.2 Å². The average Bonchev–Trinajstić information content (AvgIpc) is 2.89. The average molecular weight is 523 g/mol. The first-order valence-corrected chi connectivity index (χ1v) is 9.92. The highest BCUT2D eigenvalue weighted by atomic mass is 79.9. The zero-order valence-corrected chi connectivity index (χ0v) is 17.7. The first kappa shape index (κ1) is 18.8. The molecule has 0 bridgehead atoms. The highest BCUT2D eigenvalue weighted by Gasteiger charge is 2.24. The predicted octanol–water partition coefficient (Wildman–Crippen LogP) is 6.12. The summed E-state index contributed by atoms with van der Waals surface area (Å²) in [6.45, 7) is 0. The highest BCUT2D eigenvalue weighted by Crippen LogP contribution is 2.37. The SMILES string of the molecule is O=C1NC(=Nc2cccc(Cl)c2Cl)S/C1=C\c1cc(Br)c(O)c(Br)c1. The van der Waals surface area contributed by atoms with Crippen molar-refractivity contribution in [2.45, 2.75) is 0 Å². The molecule has 9 heteroatoms. The quantitative estimate of drug-likeness (QED) is 0.467. The van der Waals surface area contributed by atoms with Gasteiger partial charge in [0.15, 0.2) is 5.17 Å². The van der Waals surface area contributed by atoms with E-state index in [1.807, 2.05) is 0 Å². The van der Waals surface area contributed by atoms with E-state index < -0.39 is 0 Å². The summed E-state index contributed by atoms with van der Waals surface area (Å²) in [5, 5.41) is 13.6. The number of carbonyl (C=O) groups excluding carboxylic acids is 1. The summed E-state index contributed by atoms with van der Waals surface area (Å²) in [5.41, 5.74) is 1.23. The zero-order valence-electron chi connectivity index (χ0n) is 12.2. The van der Waals surface area contributed by atoms with Gasteiger partial charge in [0.2, 0.25) is 0 Å². The van der Waals surface area contributed by atoms with Gasteiger partial charge in [0, 0.05) is 0 Å². The molecule has 0 saturated carbocycles. The molecule has 3 rings (SSSR count). The third kappa shape index (κ3) is 4.23. The van der Waals surface area contributed by atoms with Crippen molar-refractivity contribution in [3.05, 3.63) is 59.8 Å². The molecule has 0 unspecified atom stereocenters. The fourth-order valence-corrected chi connectivity index (χ4v) is 4.38. The van der Waals surface area contributed by atoms with Gasteiger partial charge >= 0.3 is 0 Å². The monoisotopic (exact) mass is 520 g/mol. The third-order valence-electron chi connectivity index (χ3n) is 3.14. The smallest absolute Gasteiger partial charge is 0.264 e. The Labute approximate surface area is 174 Å². The lowest BCUT2D eigenvalue weighted by molar-refractivity contribution is -0.115. The van der Waals surface area contributed by atoms with Crippen LogP contribution in [0, 0.1) is 0 Å². The molecule has 0 atom stereocenters. The first-order valence-electron chi connectivity index (χ1n) is 6.77. The number of aliphatic imine (C=N–C) groups is 1. The Morgan fingerprint density at radius 3 is 2.56 bits per heavy atom. The topological polar surface area (TPSA) is 61.7 Å². The van der Waals surface area contributed by atoms with E-state index in [9.17, 15) is 9.90 Å². The molecule has 2 aromatic carbocycles. The number of carbonyl (C=O) groups is 1. The number of rotatable bonds is 2. The standard InChI is InChI=1S/C16H8Br2Cl2N2O2S/c17-8-4-7(5-9(18)14(8)23)6-12-15(24)22-16(25-12)21-11-3-1-2-10(19)13(11)20/h1-6,23H,(H,21,22,24)/b12-6-. The van der Waals surface area contributed by atoms with Crippen molar-refractivity contribution in [1.29, 1.82) is 0 Å². The van der Waals surface area contributed by atoms with Gasteiger partial charge in [0.05, 0.1) is 29.6 Å². The van der Waals surface area contributed by atoms with Gasteiger partial charge in [-0.15, -0.1) is 0 Å². The highest BCUT2D eigenvalue weighted by molar-refractivity contribution is 9.11. The third-order valence-corrected chi connectivity index (χ3v) is 6.07. The Morgan fingerprint density at radius 1 is 1.20 bits per heavy atom. The van der Waals surface area contributed by atoms with E-state index in [1.54, 1.807) is 36.4 Å². The Morgan fingerprint density at radius 2 is 1.88 bits per heavy atom. The van der Waals surface area contributed by atoms with Crippen LogP contribution in [0.5, 0.6) is 5.75 Å². The maximum Gasteiger partial charge on any atom is 0.264 e. The number of nitrogens with zero attached hydrogens (tertiary/aromatic N) is 1. The van der Waals surface area contributed by atoms with E-state index in [4.69, 9.17) is 23.2 Å². The molecule has 1 heterocycles. The van der Waals surface area contributed by atoms with E-state index in [2.05, 4.69) is 42.2 Å². The maximum absolute atomic E-state index is 12.2. The van der Waals surface area contributed by atoms with Crippen LogP contribution < -0.4 is 5.32 Å². The van der Waals surface area contributed by atoms with Crippen molar-refractivity contribution in [3.63, 3.8) is 0 Å². The van der Waals surface area contributed by atoms with E-state index >= 15 is 0 Å². The fraction of sp³-hybridized carbons (Fsp3) is 0. The molecule has 128 valence electrons. The minimum atomic E-state index is -0.262. The van der Waals surface area contributed by atoms with E-state index in [0.717, 1.165) is 5.56 Å². The molecular formula is C16H8Br2Cl2N2O2S. The number of aromatic hydroxyl groups is 1. The van der Waals surface area contributed by atoms with Gasteiger partial charge in [-0.25, -0.2) is 4.99 Å². The lowest BCUT2D eigenvalue weighted by atomic mass is 10.2. The first-order chi connectivity index (χ1) is 11.8. The Bertz CT molecular complexity index is 925. The Balaban J connectivity index is 1.90. The van der Waals surface area contributed by atoms with Crippen molar-refractivity contribution in [2.24, 2.45) is 4.99 Å². The Hall–Kier alpha value is -0.990. The molecule has 0 spiro atoms. The molecule has 25 heavy (non-hydrogen) atoms. The van der Waals surface area contributed by atoms with Gasteiger partial charge in [-0.3, -0.25) is 4.79 Å². The normalized spacial score (nSPS) is 17.4. The molecule has 1 amide bonds. The van der Waals surface area contributed by atoms with Crippen LogP contribution in [0.2, 0.25) is 10.0 Å². The number of phenols is 1. The number of halogens is 4. The molecule has 0 aromatic heterocycles. The molecule has 1 aliphatic rings. The second-order valence-corrected chi connectivity index (χ2v) is 8.41. The molecule has 1 aliphatic heterocycles. The predicted molar refractivity (Wildman–Crippen MR) is 111 cm³/mol.